The zero-order valence-corrected chi connectivity index (χ0v) is 14.4. The highest BCUT2D eigenvalue weighted by atomic mass is 16.5. The zero-order valence-electron chi connectivity index (χ0n) is 14.4. The molecule has 1 unspecified atom stereocenters. The van der Waals surface area contributed by atoms with E-state index in [0.29, 0.717) is 30.2 Å². The first-order chi connectivity index (χ1) is 12.1. The maximum Gasteiger partial charge on any atom is 0.261 e. The van der Waals surface area contributed by atoms with Gasteiger partial charge < -0.3 is 15.0 Å². The monoisotopic (exact) mass is 339 g/mol. The molecule has 6 heteroatoms. The van der Waals surface area contributed by atoms with E-state index >= 15 is 0 Å². The molecule has 3 rings (SSSR count). The van der Waals surface area contributed by atoms with Gasteiger partial charge in [-0.25, -0.2) is 4.98 Å². The van der Waals surface area contributed by atoms with Gasteiger partial charge in [-0.15, -0.1) is 0 Å². The summed E-state index contributed by atoms with van der Waals surface area (Å²) in [4.78, 5) is 30.5. The van der Waals surface area contributed by atoms with Crippen molar-refractivity contribution in [3.8, 4) is 5.88 Å². The molecule has 0 bridgehead atoms. The Labute approximate surface area is 146 Å². The Bertz CT molecular complexity index is 791. The van der Waals surface area contributed by atoms with Crippen LogP contribution >= 0.6 is 0 Å². The molecule has 25 heavy (non-hydrogen) atoms. The fraction of sp³-hybridized carbons (Fsp3) is 0.316. The van der Waals surface area contributed by atoms with E-state index in [-0.39, 0.29) is 17.9 Å². The highest BCUT2D eigenvalue weighted by Crippen LogP contribution is 2.28. The van der Waals surface area contributed by atoms with Crippen LogP contribution in [0.3, 0.4) is 0 Å². The lowest BCUT2D eigenvalue weighted by Crippen LogP contribution is -2.30. The molecule has 130 valence electrons. The van der Waals surface area contributed by atoms with Crippen molar-refractivity contribution in [3.63, 3.8) is 0 Å². The van der Waals surface area contributed by atoms with Crippen LogP contribution in [0.2, 0.25) is 0 Å². The van der Waals surface area contributed by atoms with Gasteiger partial charge in [-0.2, -0.15) is 0 Å². The summed E-state index contributed by atoms with van der Waals surface area (Å²) in [6.07, 6.45) is 3.00. The largest absolute Gasteiger partial charge is 0.477 e. The van der Waals surface area contributed by atoms with Gasteiger partial charge in [-0.1, -0.05) is 6.07 Å². The second-order valence-electron chi connectivity index (χ2n) is 5.95. The van der Waals surface area contributed by atoms with E-state index in [2.05, 4.69) is 10.3 Å². The Morgan fingerprint density at radius 3 is 2.92 bits per heavy atom. The Hall–Kier alpha value is -2.89. The van der Waals surface area contributed by atoms with Crippen molar-refractivity contribution in [2.45, 2.75) is 32.7 Å². The van der Waals surface area contributed by atoms with Gasteiger partial charge in [-0.3, -0.25) is 9.59 Å². The fourth-order valence-corrected chi connectivity index (χ4v) is 2.97. The average molecular weight is 339 g/mol. The van der Waals surface area contributed by atoms with Crippen molar-refractivity contribution in [2.75, 3.05) is 16.8 Å². The van der Waals surface area contributed by atoms with Gasteiger partial charge in [0.2, 0.25) is 11.8 Å². The third-order valence-electron chi connectivity index (χ3n) is 4.16. The molecular formula is C19H21N3O3. The number of pyridine rings is 1. The minimum Gasteiger partial charge on any atom is -0.477 e. The Morgan fingerprint density at radius 1 is 1.36 bits per heavy atom. The lowest BCUT2D eigenvalue weighted by molar-refractivity contribution is -0.117. The summed E-state index contributed by atoms with van der Waals surface area (Å²) in [5.41, 5.74) is 1.80. The van der Waals surface area contributed by atoms with Crippen LogP contribution in [-0.2, 0) is 4.79 Å². The third-order valence-corrected chi connectivity index (χ3v) is 4.16. The van der Waals surface area contributed by atoms with E-state index in [0.717, 1.165) is 12.1 Å². The van der Waals surface area contributed by atoms with Crippen LogP contribution in [0.15, 0.2) is 42.6 Å². The Morgan fingerprint density at radius 2 is 2.20 bits per heavy atom. The van der Waals surface area contributed by atoms with Gasteiger partial charge in [-0.05, 0) is 50.6 Å². The summed E-state index contributed by atoms with van der Waals surface area (Å²) in [7, 11) is 0. The maximum absolute atomic E-state index is 12.6. The normalized spacial score (nSPS) is 16.8. The molecule has 1 aliphatic rings. The smallest absolute Gasteiger partial charge is 0.261 e. The topological polar surface area (TPSA) is 71.5 Å². The van der Waals surface area contributed by atoms with Crippen molar-refractivity contribution in [1.82, 2.24) is 4.98 Å². The van der Waals surface area contributed by atoms with Crippen molar-refractivity contribution >= 4 is 23.2 Å². The predicted molar refractivity (Wildman–Crippen MR) is 96.0 cm³/mol. The zero-order chi connectivity index (χ0) is 17.8. The molecule has 2 amide bonds. The summed E-state index contributed by atoms with van der Waals surface area (Å²) < 4.78 is 5.40. The predicted octanol–water partition coefficient (Wildman–Crippen LogP) is 3.25. The molecule has 0 saturated carbocycles. The second-order valence-corrected chi connectivity index (χ2v) is 5.95. The van der Waals surface area contributed by atoms with Crippen LogP contribution < -0.4 is 15.0 Å². The van der Waals surface area contributed by atoms with E-state index in [1.807, 2.05) is 32.0 Å². The summed E-state index contributed by atoms with van der Waals surface area (Å²) in [5.74, 6) is 0.123. The number of anilines is 2. The van der Waals surface area contributed by atoms with Crippen LogP contribution in [-0.4, -0.2) is 29.4 Å². The lowest BCUT2D eigenvalue weighted by Gasteiger charge is -2.22. The molecule has 0 spiro atoms. The van der Waals surface area contributed by atoms with Gasteiger partial charge >= 0.3 is 0 Å². The van der Waals surface area contributed by atoms with E-state index in [1.165, 1.54) is 0 Å². The number of amides is 2. The van der Waals surface area contributed by atoms with E-state index in [1.54, 1.807) is 29.3 Å². The molecular weight excluding hydrogens is 318 g/mol. The second kappa shape index (κ2) is 7.34. The van der Waals surface area contributed by atoms with Crippen molar-refractivity contribution in [2.24, 2.45) is 0 Å². The average Bonchev–Trinajstić information content (AvgIpc) is 2.94. The third kappa shape index (κ3) is 3.63. The van der Waals surface area contributed by atoms with Crippen LogP contribution in [0.4, 0.5) is 11.4 Å². The SMILES string of the molecule is CCOc1ncccc1C(=O)Nc1cccc(N2C(=O)CCC2C)c1. The number of hydrogen-bond acceptors (Lipinski definition) is 4. The molecule has 1 saturated heterocycles. The number of nitrogens with zero attached hydrogens (tertiary/aromatic N) is 2. The number of ether oxygens (including phenoxy) is 1. The summed E-state index contributed by atoms with van der Waals surface area (Å²) >= 11 is 0. The number of aromatic nitrogens is 1. The van der Waals surface area contributed by atoms with Gasteiger partial charge in [0, 0.05) is 30.0 Å². The first-order valence-electron chi connectivity index (χ1n) is 8.41. The number of carbonyl (C=O) groups is 2. The molecule has 6 nitrogen and oxygen atoms in total. The number of hydrogen-bond donors (Lipinski definition) is 1. The number of carbonyl (C=O) groups excluding carboxylic acids is 2. The van der Waals surface area contributed by atoms with Crippen LogP contribution in [0.1, 0.15) is 37.0 Å². The fourth-order valence-electron chi connectivity index (χ4n) is 2.97. The Balaban J connectivity index is 1.81. The number of benzene rings is 1. The summed E-state index contributed by atoms with van der Waals surface area (Å²) in [6, 6.07) is 10.8. The number of nitrogens with one attached hydrogen (secondary N) is 1. The molecule has 1 N–H and O–H groups in total. The molecule has 1 aromatic heterocycles. The van der Waals surface area contributed by atoms with Crippen molar-refractivity contribution in [3.05, 3.63) is 48.2 Å². The Kier molecular flexibility index (Phi) is 4.97. The van der Waals surface area contributed by atoms with Gasteiger partial charge in [0.25, 0.3) is 5.91 Å². The first kappa shape index (κ1) is 17.0. The molecule has 0 radical (unpaired) electrons. The van der Waals surface area contributed by atoms with Crippen LogP contribution in [0.25, 0.3) is 0 Å². The minimum absolute atomic E-state index is 0.113. The van der Waals surface area contributed by atoms with Crippen LogP contribution in [0.5, 0.6) is 5.88 Å². The van der Waals surface area contributed by atoms with Gasteiger partial charge in [0.05, 0.1) is 6.61 Å². The maximum atomic E-state index is 12.6. The molecule has 2 heterocycles. The van der Waals surface area contributed by atoms with Gasteiger partial charge in [0.15, 0.2) is 0 Å². The van der Waals surface area contributed by atoms with Crippen LogP contribution in [0, 0.1) is 0 Å². The van der Waals surface area contributed by atoms with Crippen molar-refractivity contribution in [1.29, 1.82) is 0 Å². The quantitative estimate of drug-likeness (QED) is 0.908. The van der Waals surface area contributed by atoms with E-state index in [9.17, 15) is 9.59 Å². The molecule has 0 aliphatic carbocycles. The molecule has 1 fully saturated rings. The molecule has 2 aromatic rings. The van der Waals surface area contributed by atoms with Gasteiger partial charge in [0.1, 0.15) is 5.56 Å². The standard InChI is InChI=1S/C19H21N3O3/c1-3-25-19-16(8-5-11-20-19)18(24)21-14-6-4-7-15(12-14)22-13(2)9-10-17(22)23/h4-8,11-13H,3,9-10H2,1-2H3,(H,21,24). The van der Waals surface area contributed by atoms with Crippen molar-refractivity contribution < 1.29 is 14.3 Å². The highest BCUT2D eigenvalue weighted by Gasteiger charge is 2.28. The first-order valence-corrected chi connectivity index (χ1v) is 8.41. The summed E-state index contributed by atoms with van der Waals surface area (Å²) in [6.45, 7) is 4.30. The highest BCUT2D eigenvalue weighted by molar-refractivity contribution is 6.06. The molecule has 1 aromatic carbocycles. The number of rotatable bonds is 5. The van der Waals surface area contributed by atoms with E-state index < -0.39 is 0 Å². The summed E-state index contributed by atoms with van der Waals surface area (Å²) in [5, 5.41) is 2.85. The lowest BCUT2D eigenvalue weighted by atomic mass is 10.2. The van der Waals surface area contributed by atoms with E-state index in [4.69, 9.17) is 4.74 Å². The molecule has 1 aliphatic heterocycles. The molecule has 1 atom stereocenters. The minimum atomic E-state index is -0.297.